The fourth-order valence-corrected chi connectivity index (χ4v) is 3.25. The van der Waals surface area contributed by atoms with Crippen molar-refractivity contribution in [2.75, 3.05) is 26.2 Å². The number of rotatable bonds is 4. The molecule has 2 rings (SSSR count). The third kappa shape index (κ3) is 3.40. The molecule has 5 heteroatoms. The van der Waals surface area contributed by atoms with E-state index in [0.717, 1.165) is 17.6 Å². The van der Waals surface area contributed by atoms with Gasteiger partial charge in [0.25, 0.3) is 0 Å². The lowest BCUT2D eigenvalue weighted by Crippen LogP contribution is -2.56. The first-order valence-corrected chi connectivity index (χ1v) is 7.82. The lowest BCUT2D eigenvalue weighted by Gasteiger charge is -2.39. The summed E-state index contributed by atoms with van der Waals surface area (Å²) in [6.07, 6.45) is 0. The summed E-state index contributed by atoms with van der Waals surface area (Å²) in [5.74, 6) is -0.140. The van der Waals surface area contributed by atoms with Crippen LogP contribution in [-0.4, -0.2) is 43.2 Å². The number of halogens is 1. The van der Waals surface area contributed by atoms with Crippen molar-refractivity contribution in [2.45, 2.75) is 25.9 Å². The second-order valence-electron chi connectivity index (χ2n) is 4.91. The summed E-state index contributed by atoms with van der Waals surface area (Å²) >= 11 is 3.59. The van der Waals surface area contributed by atoms with Gasteiger partial charge < -0.3 is 10.1 Å². The molecule has 0 aliphatic carbocycles. The van der Waals surface area contributed by atoms with Gasteiger partial charge in [0, 0.05) is 30.1 Å². The van der Waals surface area contributed by atoms with Gasteiger partial charge in [-0.05, 0) is 25.5 Å². The Hall–Kier alpha value is -0.910. The molecule has 20 heavy (non-hydrogen) atoms. The Kier molecular flexibility index (Phi) is 5.57. The van der Waals surface area contributed by atoms with Crippen molar-refractivity contribution in [3.8, 4) is 0 Å². The Morgan fingerprint density at radius 1 is 1.55 bits per heavy atom. The van der Waals surface area contributed by atoms with Crippen molar-refractivity contribution in [1.82, 2.24) is 10.2 Å². The predicted octanol–water partition coefficient (Wildman–Crippen LogP) is 2.35. The van der Waals surface area contributed by atoms with Gasteiger partial charge in [0.1, 0.15) is 6.04 Å². The zero-order valence-corrected chi connectivity index (χ0v) is 13.5. The van der Waals surface area contributed by atoms with Crippen molar-refractivity contribution in [3.63, 3.8) is 0 Å². The Labute approximate surface area is 128 Å². The number of carbonyl (C=O) groups is 1. The smallest absolute Gasteiger partial charge is 0.324 e. The molecular formula is C15H21BrN2O2. The van der Waals surface area contributed by atoms with E-state index >= 15 is 0 Å². The van der Waals surface area contributed by atoms with Crippen LogP contribution in [0.15, 0.2) is 28.7 Å². The zero-order valence-electron chi connectivity index (χ0n) is 11.9. The summed E-state index contributed by atoms with van der Waals surface area (Å²) in [4.78, 5) is 14.3. The average Bonchev–Trinajstić information content (AvgIpc) is 2.47. The van der Waals surface area contributed by atoms with Crippen LogP contribution >= 0.6 is 15.9 Å². The molecule has 0 bridgehead atoms. The van der Waals surface area contributed by atoms with Crippen LogP contribution < -0.4 is 5.32 Å². The van der Waals surface area contributed by atoms with Crippen molar-refractivity contribution >= 4 is 21.9 Å². The van der Waals surface area contributed by atoms with Crippen molar-refractivity contribution in [2.24, 2.45) is 0 Å². The van der Waals surface area contributed by atoms with Crippen molar-refractivity contribution < 1.29 is 9.53 Å². The summed E-state index contributed by atoms with van der Waals surface area (Å²) in [6, 6.07) is 8.11. The van der Waals surface area contributed by atoms with Crippen LogP contribution in [0.5, 0.6) is 0 Å². The first-order valence-electron chi connectivity index (χ1n) is 7.02. The van der Waals surface area contributed by atoms with Gasteiger partial charge in [-0.15, -0.1) is 0 Å². The van der Waals surface area contributed by atoms with Crippen LogP contribution in [0.2, 0.25) is 0 Å². The van der Waals surface area contributed by atoms with E-state index in [2.05, 4.69) is 39.1 Å². The van der Waals surface area contributed by atoms with E-state index in [1.165, 1.54) is 5.56 Å². The van der Waals surface area contributed by atoms with E-state index < -0.39 is 0 Å². The molecule has 0 aromatic heterocycles. The number of piperazine rings is 1. The third-order valence-corrected chi connectivity index (χ3v) is 4.42. The summed E-state index contributed by atoms with van der Waals surface area (Å²) in [5.41, 5.74) is 1.20. The summed E-state index contributed by atoms with van der Waals surface area (Å²) in [5, 5.41) is 3.27. The molecule has 1 heterocycles. The van der Waals surface area contributed by atoms with Gasteiger partial charge in [-0.3, -0.25) is 9.69 Å². The molecule has 4 nitrogen and oxygen atoms in total. The highest BCUT2D eigenvalue weighted by Gasteiger charge is 2.33. The van der Waals surface area contributed by atoms with E-state index in [1.54, 1.807) is 0 Å². The first kappa shape index (κ1) is 15.5. The SMILES string of the molecule is CCOC(=O)C1CNCCN1C(C)c1ccccc1Br. The van der Waals surface area contributed by atoms with Crippen LogP contribution in [0.25, 0.3) is 0 Å². The third-order valence-electron chi connectivity index (χ3n) is 3.70. The lowest BCUT2D eigenvalue weighted by molar-refractivity contribution is -0.151. The number of hydrogen-bond acceptors (Lipinski definition) is 4. The second kappa shape index (κ2) is 7.20. The molecule has 1 saturated heterocycles. The number of ether oxygens (including phenoxy) is 1. The summed E-state index contributed by atoms with van der Waals surface area (Å²) in [7, 11) is 0. The fourth-order valence-electron chi connectivity index (χ4n) is 2.63. The largest absolute Gasteiger partial charge is 0.465 e. The number of hydrogen-bond donors (Lipinski definition) is 1. The molecule has 1 aliphatic rings. The minimum Gasteiger partial charge on any atom is -0.465 e. The maximum Gasteiger partial charge on any atom is 0.324 e. The van der Waals surface area contributed by atoms with Crippen LogP contribution in [0.4, 0.5) is 0 Å². The van der Waals surface area contributed by atoms with Crippen LogP contribution in [0.1, 0.15) is 25.5 Å². The van der Waals surface area contributed by atoms with Gasteiger partial charge in [-0.1, -0.05) is 34.1 Å². The standard InChI is InChI=1S/C15H21BrN2O2/c1-3-20-15(19)14-10-17-8-9-18(14)11(2)12-6-4-5-7-13(12)16/h4-7,11,14,17H,3,8-10H2,1-2H3. The van der Waals surface area contributed by atoms with Gasteiger partial charge in [0.05, 0.1) is 6.61 Å². The van der Waals surface area contributed by atoms with Crippen molar-refractivity contribution in [1.29, 1.82) is 0 Å². The normalized spacial score (nSPS) is 21.4. The molecule has 110 valence electrons. The summed E-state index contributed by atoms with van der Waals surface area (Å²) < 4.78 is 6.27. The second-order valence-corrected chi connectivity index (χ2v) is 5.76. The zero-order chi connectivity index (χ0) is 14.5. The highest BCUT2D eigenvalue weighted by Crippen LogP contribution is 2.29. The van der Waals surface area contributed by atoms with E-state index in [-0.39, 0.29) is 18.1 Å². The molecular weight excluding hydrogens is 320 g/mol. The van der Waals surface area contributed by atoms with Gasteiger partial charge in [-0.2, -0.15) is 0 Å². The number of nitrogens with one attached hydrogen (secondary N) is 1. The minimum atomic E-state index is -0.217. The average molecular weight is 341 g/mol. The quantitative estimate of drug-likeness (QED) is 0.854. The molecule has 2 unspecified atom stereocenters. The van der Waals surface area contributed by atoms with Crippen molar-refractivity contribution in [3.05, 3.63) is 34.3 Å². The maximum absolute atomic E-state index is 12.1. The fraction of sp³-hybridized carbons (Fsp3) is 0.533. The van der Waals surface area contributed by atoms with Gasteiger partial charge in [-0.25, -0.2) is 0 Å². The number of nitrogens with zero attached hydrogens (tertiary/aromatic N) is 1. The Bertz CT molecular complexity index is 467. The molecule has 2 atom stereocenters. The maximum atomic E-state index is 12.1. The highest BCUT2D eigenvalue weighted by molar-refractivity contribution is 9.10. The molecule has 0 radical (unpaired) electrons. The molecule has 0 spiro atoms. The minimum absolute atomic E-state index is 0.140. The van der Waals surface area contributed by atoms with E-state index in [0.29, 0.717) is 13.2 Å². The monoisotopic (exact) mass is 340 g/mol. The number of esters is 1. The predicted molar refractivity (Wildman–Crippen MR) is 82.6 cm³/mol. The lowest BCUT2D eigenvalue weighted by atomic mass is 10.0. The number of carbonyl (C=O) groups excluding carboxylic acids is 1. The topological polar surface area (TPSA) is 41.6 Å². The van der Waals surface area contributed by atoms with E-state index in [9.17, 15) is 4.79 Å². The van der Waals surface area contributed by atoms with Gasteiger partial charge in [0.15, 0.2) is 0 Å². The molecule has 1 aromatic rings. The first-order chi connectivity index (χ1) is 9.65. The Morgan fingerprint density at radius 3 is 3.00 bits per heavy atom. The Morgan fingerprint density at radius 2 is 2.30 bits per heavy atom. The molecule has 1 aromatic carbocycles. The molecule has 1 fully saturated rings. The number of benzene rings is 1. The van der Waals surface area contributed by atoms with Gasteiger partial charge >= 0.3 is 5.97 Å². The highest BCUT2D eigenvalue weighted by atomic mass is 79.9. The van der Waals surface area contributed by atoms with Crippen LogP contribution in [-0.2, 0) is 9.53 Å². The molecule has 1 N–H and O–H groups in total. The summed E-state index contributed by atoms with van der Waals surface area (Å²) in [6.45, 7) is 6.78. The molecule has 0 amide bonds. The molecule has 1 aliphatic heterocycles. The van der Waals surface area contributed by atoms with E-state index in [1.807, 2.05) is 25.1 Å². The Balaban J connectivity index is 2.19. The van der Waals surface area contributed by atoms with Gasteiger partial charge in [0.2, 0.25) is 0 Å². The van der Waals surface area contributed by atoms with Crippen LogP contribution in [0, 0.1) is 0 Å². The van der Waals surface area contributed by atoms with E-state index in [4.69, 9.17) is 4.74 Å². The molecule has 0 saturated carbocycles. The van der Waals surface area contributed by atoms with Crippen LogP contribution in [0.3, 0.4) is 0 Å².